The lowest BCUT2D eigenvalue weighted by Gasteiger charge is -2.23. The van der Waals surface area contributed by atoms with Gasteiger partial charge in [-0.3, -0.25) is 4.79 Å². The van der Waals surface area contributed by atoms with Crippen molar-refractivity contribution in [3.8, 4) is 0 Å². The average molecular weight is 274 g/mol. The molecule has 3 N–H and O–H groups in total. The molecule has 1 fully saturated rings. The van der Waals surface area contributed by atoms with Gasteiger partial charge in [0.05, 0.1) is 0 Å². The van der Waals surface area contributed by atoms with Crippen molar-refractivity contribution in [2.75, 3.05) is 5.73 Å². The van der Waals surface area contributed by atoms with Crippen LogP contribution in [0.25, 0.3) is 0 Å². The first-order valence-corrected chi connectivity index (χ1v) is 7.75. The van der Waals surface area contributed by atoms with Gasteiger partial charge >= 0.3 is 0 Å². The summed E-state index contributed by atoms with van der Waals surface area (Å²) in [4.78, 5) is 12.3. The summed E-state index contributed by atoms with van der Waals surface area (Å²) in [5.74, 6) is 0.609. The number of rotatable bonds is 3. The fourth-order valence-electron chi connectivity index (χ4n) is 3.00. The molecule has 0 aliphatic heterocycles. The molecule has 3 heteroatoms. The number of anilines is 1. The molecular formula is C17H26N2O. The van der Waals surface area contributed by atoms with Crippen molar-refractivity contribution in [2.24, 2.45) is 5.92 Å². The van der Waals surface area contributed by atoms with Crippen molar-refractivity contribution in [2.45, 2.75) is 58.4 Å². The van der Waals surface area contributed by atoms with Crippen LogP contribution in [0, 0.1) is 12.8 Å². The molecule has 1 aromatic rings. The highest BCUT2D eigenvalue weighted by molar-refractivity contribution is 5.95. The number of nitrogens with one attached hydrogen (secondary N) is 1. The zero-order chi connectivity index (χ0) is 14.5. The Morgan fingerprint density at radius 1 is 1.25 bits per heavy atom. The van der Waals surface area contributed by atoms with Gasteiger partial charge in [0.1, 0.15) is 0 Å². The van der Waals surface area contributed by atoms with E-state index in [4.69, 9.17) is 5.73 Å². The van der Waals surface area contributed by atoms with E-state index in [-0.39, 0.29) is 11.9 Å². The Bertz CT molecular complexity index is 462. The molecule has 110 valence electrons. The smallest absolute Gasteiger partial charge is 0.251 e. The highest BCUT2D eigenvalue weighted by Gasteiger charge is 2.21. The molecule has 1 amide bonds. The normalized spacial score (nSPS) is 18.3. The molecule has 1 saturated carbocycles. The molecular weight excluding hydrogens is 248 g/mol. The van der Waals surface area contributed by atoms with E-state index in [1.165, 1.54) is 38.5 Å². The van der Waals surface area contributed by atoms with Gasteiger partial charge in [-0.1, -0.05) is 31.7 Å². The van der Waals surface area contributed by atoms with Crippen molar-refractivity contribution < 1.29 is 4.79 Å². The van der Waals surface area contributed by atoms with Gasteiger partial charge in [0, 0.05) is 17.3 Å². The maximum absolute atomic E-state index is 12.3. The first kappa shape index (κ1) is 14.9. The molecule has 0 spiro atoms. The van der Waals surface area contributed by atoms with Gasteiger partial charge in [-0.2, -0.15) is 0 Å². The lowest BCUT2D eigenvalue weighted by molar-refractivity contribution is 0.0924. The van der Waals surface area contributed by atoms with Crippen molar-refractivity contribution in [3.63, 3.8) is 0 Å². The van der Waals surface area contributed by atoms with Crippen LogP contribution >= 0.6 is 0 Å². The largest absolute Gasteiger partial charge is 0.398 e. The zero-order valence-corrected chi connectivity index (χ0v) is 12.6. The summed E-state index contributed by atoms with van der Waals surface area (Å²) in [6.07, 6.45) is 7.73. The Morgan fingerprint density at radius 2 is 1.90 bits per heavy atom. The second-order valence-electron chi connectivity index (χ2n) is 6.09. The minimum Gasteiger partial charge on any atom is -0.398 e. The molecule has 0 saturated heterocycles. The Morgan fingerprint density at radius 3 is 2.50 bits per heavy atom. The molecule has 1 aliphatic carbocycles. The molecule has 1 atom stereocenters. The molecule has 0 aromatic heterocycles. The lowest BCUT2D eigenvalue weighted by Crippen LogP contribution is -2.38. The van der Waals surface area contributed by atoms with Crippen LogP contribution in [0.5, 0.6) is 0 Å². The number of carbonyl (C=O) groups excluding carboxylic acids is 1. The fourth-order valence-corrected chi connectivity index (χ4v) is 3.00. The second kappa shape index (κ2) is 6.78. The first-order valence-electron chi connectivity index (χ1n) is 7.75. The van der Waals surface area contributed by atoms with Crippen molar-refractivity contribution >= 4 is 11.6 Å². The number of hydrogen-bond donors (Lipinski definition) is 2. The van der Waals surface area contributed by atoms with Crippen molar-refractivity contribution in [1.82, 2.24) is 5.32 Å². The van der Waals surface area contributed by atoms with Gasteiger partial charge < -0.3 is 11.1 Å². The maximum atomic E-state index is 12.3. The standard InChI is InChI=1S/C17H26N2O/c1-12-9-10-15(11-16(12)18)17(20)19-13(2)14-7-5-3-4-6-8-14/h9-11,13-14H,3-8,18H2,1-2H3,(H,19,20)/t13-/m1/s1. The predicted molar refractivity (Wildman–Crippen MR) is 83.7 cm³/mol. The number of aryl methyl sites for hydroxylation is 1. The summed E-state index contributed by atoms with van der Waals surface area (Å²) in [5.41, 5.74) is 8.23. The predicted octanol–water partition coefficient (Wildman–Crippen LogP) is 3.67. The van der Waals surface area contributed by atoms with E-state index < -0.39 is 0 Å². The molecule has 1 aromatic carbocycles. The number of hydrogen-bond acceptors (Lipinski definition) is 2. The van der Waals surface area contributed by atoms with E-state index in [1.807, 2.05) is 19.1 Å². The molecule has 3 nitrogen and oxygen atoms in total. The first-order chi connectivity index (χ1) is 9.58. The van der Waals surface area contributed by atoms with E-state index in [2.05, 4.69) is 12.2 Å². The molecule has 0 unspecified atom stereocenters. The molecule has 2 rings (SSSR count). The summed E-state index contributed by atoms with van der Waals surface area (Å²) in [5, 5.41) is 3.15. The second-order valence-corrected chi connectivity index (χ2v) is 6.09. The minimum absolute atomic E-state index is 0.00607. The van der Waals surface area contributed by atoms with Crippen molar-refractivity contribution in [3.05, 3.63) is 29.3 Å². The van der Waals surface area contributed by atoms with Gasteiger partial charge in [0.2, 0.25) is 0 Å². The maximum Gasteiger partial charge on any atom is 0.251 e. The van der Waals surface area contributed by atoms with Gasteiger partial charge in [0.15, 0.2) is 0 Å². The zero-order valence-electron chi connectivity index (χ0n) is 12.6. The van der Waals surface area contributed by atoms with Crippen LogP contribution in [0.2, 0.25) is 0 Å². The van der Waals surface area contributed by atoms with E-state index in [1.54, 1.807) is 6.07 Å². The SMILES string of the molecule is Cc1ccc(C(=O)N[C@H](C)C2CCCCCC2)cc1N. The van der Waals surface area contributed by atoms with E-state index in [0.29, 0.717) is 17.2 Å². The van der Waals surface area contributed by atoms with Crippen LogP contribution in [-0.4, -0.2) is 11.9 Å². The third kappa shape index (κ3) is 3.75. The summed E-state index contributed by atoms with van der Waals surface area (Å²) >= 11 is 0. The minimum atomic E-state index is -0.00607. The van der Waals surface area contributed by atoms with Crippen LogP contribution in [0.4, 0.5) is 5.69 Å². The highest BCUT2D eigenvalue weighted by Crippen LogP contribution is 2.25. The fraction of sp³-hybridized carbons (Fsp3) is 0.588. The quantitative estimate of drug-likeness (QED) is 0.652. The summed E-state index contributed by atoms with van der Waals surface area (Å²) < 4.78 is 0. The van der Waals surface area contributed by atoms with Gasteiger partial charge in [0.25, 0.3) is 5.91 Å². The third-order valence-electron chi connectivity index (χ3n) is 4.51. The van der Waals surface area contributed by atoms with E-state index >= 15 is 0 Å². The monoisotopic (exact) mass is 274 g/mol. The molecule has 0 radical (unpaired) electrons. The van der Waals surface area contributed by atoms with Crippen LogP contribution in [0.15, 0.2) is 18.2 Å². The number of carbonyl (C=O) groups is 1. The number of nitrogens with two attached hydrogens (primary N) is 1. The number of nitrogen functional groups attached to an aromatic ring is 1. The topological polar surface area (TPSA) is 55.1 Å². The molecule has 1 aliphatic rings. The van der Waals surface area contributed by atoms with Crippen LogP contribution in [0.1, 0.15) is 61.4 Å². The molecule has 0 bridgehead atoms. The Balaban J connectivity index is 1.97. The van der Waals surface area contributed by atoms with E-state index in [0.717, 1.165) is 5.56 Å². The van der Waals surface area contributed by atoms with Crippen LogP contribution in [-0.2, 0) is 0 Å². The summed E-state index contributed by atoms with van der Waals surface area (Å²) in [6.45, 7) is 4.08. The Hall–Kier alpha value is -1.51. The molecule has 20 heavy (non-hydrogen) atoms. The van der Waals surface area contributed by atoms with Gasteiger partial charge in [-0.25, -0.2) is 0 Å². The van der Waals surface area contributed by atoms with Gasteiger partial charge in [-0.15, -0.1) is 0 Å². The summed E-state index contributed by atoms with van der Waals surface area (Å²) in [7, 11) is 0. The Labute approximate surface area is 121 Å². The number of amides is 1. The molecule has 0 heterocycles. The van der Waals surface area contributed by atoms with Crippen molar-refractivity contribution in [1.29, 1.82) is 0 Å². The Kier molecular flexibility index (Phi) is 5.05. The summed E-state index contributed by atoms with van der Waals surface area (Å²) in [6, 6.07) is 5.76. The average Bonchev–Trinajstić information content (AvgIpc) is 2.70. The van der Waals surface area contributed by atoms with Crippen LogP contribution in [0.3, 0.4) is 0 Å². The lowest BCUT2D eigenvalue weighted by atomic mass is 9.93. The third-order valence-corrected chi connectivity index (χ3v) is 4.51. The number of benzene rings is 1. The van der Waals surface area contributed by atoms with Crippen LogP contribution < -0.4 is 11.1 Å². The van der Waals surface area contributed by atoms with Gasteiger partial charge in [-0.05, 0) is 50.3 Å². The highest BCUT2D eigenvalue weighted by atomic mass is 16.1. The van der Waals surface area contributed by atoms with E-state index in [9.17, 15) is 4.79 Å².